The fraction of sp³-hybridized carbons (Fsp3) is 0.267. The number of H-pyrrole nitrogens is 1. The van der Waals surface area contributed by atoms with E-state index in [2.05, 4.69) is 15.3 Å². The molecule has 0 unspecified atom stereocenters. The molecule has 8 heteroatoms. The van der Waals surface area contributed by atoms with E-state index >= 15 is 0 Å². The van der Waals surface area contributed by atoms with Crippen LogP contribution in [0.15, 0.2) is 35.3 Å². The van der Waals surface area contributed by atoms with E-state index in [1.807, 2.05) is 20.8 Å². The highest BCUT2D eigenvalue weighted by atomic mass is 16.6. The van der Waals surface area contributed by atoms with Gasteiger partial charge in [0.15, 0.2) is 0 Å². The molecule has 0 saturated heterocycles. The van der Waals surface area contributed by atoms with Gasteiger partial charge in [-0.3, -0.25) is 19.6 Å². The standard InChI is InChI=1S/C15H15N5O3/c1-15(2,3)19-13-11(8-16-19)12(17-18-14(13)21)9-4-6-10(7-5-9)20(22)23/h4-8H,1-3H3,(H,18,21). The maximum Gasteiger partial charge on any atom is 0.290 e. The van der Waals surface area contributed by atoms with Crippen LogP contribution < -0.4 is 5.56 Å². The third-order valence-electron chi connectivity index (χ3n) is 3.50. The summed E-state index contributed by atoms with van der Waals surface area (Å²) in [6.45, 7) is 5.85. The quantitative estimate of drug-likeness (QED) is 0.577. The van der Waals surface area contributed by atoms with Crippen LogP contribution >= 0.6 is 0 Å². The fourth-order valence-corrected chi connectivity index (χ4v) is 2.43. The highest BCUT2D eigenvalue weighted by molar-refractivity contribution is 5.91. The van der Waals surface area contributed by atoms with Crippen molar-refractivity contribution in [3.8, 4) is 11.3 Å². The molecule has 0 radical (unpaired) electrons. The third-order valence-corrected chi connectivity index (χ3v) is 3.50. The van der Waals surface area contributed by atoms with Gasteiger partial charge in [-0.25, -0.2) is 5.10 Å². The Labute approximate surface area is 130 Å². The van der Waals surface area contributed by atoms with Crippen molar-refractivity contribution in [1.82, 2.24) is 20.0 Å². The van der Waals surface area contributed by atoms with E-state index in [0.29, 0.717) is 22.2 Å². The van der Waals surface area contributed by atoms with E-state index in [0.717, 1.165) is 0 Å². The van der Waals surface area contributed by atoms with Crippen LogP contribution in [-0.4, -0.2) is 24.9 Å². The van der Waals surface area contributed by atoms with Crippen LogP contribution in [0.5, 0.6) is 0 Å². The van der Waals surface area contributed by atoms with Crippen LogP contribution in [-0.2, 0) is 5.54 Å². The molecule has 2 aromatic heterocycles. The van der Waals surface area contributed by atoms with Crippen molar-refractivity contribution >= 4 is 16.6 Å². The van der Waals surface area contributed by atoms with Gasteiger partial charge < -0.3 is 0 Å². The molecule has 23 heavy (non-hydrogen) atoms. The van der Waals surface area contributed by atoms with Gasteiger partial charge in [0, 0.05) is 17.7 Å². The molecule has 0 aliphatic rings. The summed E-state index contributed by atoms with van der Waals surface area (Å²) in [7, 11) is 0. The highest BCUT2D eigenvalue weighted by Crippen LogP contribution is 2.27. The van der Waals surface area contributed by atoms with Crippen molar-refractivity contribution in [3.05, 3.63) is 50.9 Å². The summed E-state index contributed by atoms with van der Waals surface area (Å²) in [5, 5.41) is 22.2. The second kappa shape index (κ2) is 5.01. The topological polar surface area (TPSA) is 107 Å². The number of non-ortho nitro benzene ring substituents is 1. The number of nitro benzene ring substituents is 1. The lowest BCUT2D eigenvalue weighted by Gasteiger charge is -2.19. The van der Waals surface area contributed by atoms with Crippen molar-refractivity contribution in [3.63, 3.8) is 0 Å². The van der Waals surface area contributed by atoms with Gasteiger partial charge >= 0.3 is 0 Å². The summed E-state index contributed by atoms with van der Waals surface area (Å²) in [4.78, 5) is 22.5. The molecule has 8 nitrogen and oxygen atoms in total. The number of aromatic amines is 1. The van der Waals surface area contributed by atoms with Gasteiger partial charge in [0.05, 0.1) is 22.0 Å². The number of nitrogens with one attached hydrogen (secondary N) is 1. The number of benzene rings is 1. The lowest BCUT2D eigenvalue weighted by molar-refractivity contribution is -0.384. The third kappa shape index (κ3) is 2.48. The Morgan fingerprint density at radius 3 is 2.43 bits per heavy atom. The minimum absolute atomic E-state index is 0.000180. The van der Waals surface area contributed by atoms with E-state index in [1.165, 1.54) is 12.1 Å². The first-order valence-corrected chi connectivity index (χ1v) is 7.01. The Balaban J connectivity index is 2.23. The Kier molecular flexibility index (Phi) is 3.24. The molecular weight excluding hydrogens is 298 g/mol. The SMILES string of the molecule is CC(C)(C)n1ncc2c(-c3ccc([N+](=O)[O-])cc3)n[nH]c(=O)c21. The number of rotatable bonds is 2. The molecule has 0 saturated carbocycles. The van der Waals surface area contributed by atoms with Gasteiger partial charge in [-0.2, -0.15) is 10.2 Å². The van der Waals surface area contributed by atoms with Crippen LogP contribution in [0.4, 0.5) is 5.69 Å². The second-order valence-electron chi connectivity index (χ2n) is 6.19. The average Bonchev–Trinajstić information content (AvgIpc) is 2.94. The number of hydrogen-bond acceptors (Lipinski definition) is 5. The van der Waals surface area contributed by atoms with E-state index in [9.17, 15) is 14.9 Å². The summed E-state index contributed by atoms with van der Waals surface area (Å²) in [5.41, 5.74) is 0.956. The molecule has 1 N–H and O–H groups in total. The van der Waals surface area contributed by atoms with Crippen molar-refractivity contribution in [1.29, 1.82) is 0 Å². The summed E-state index contributed by atoms with van der Waals surface area (Å²) in [6, 6.07) is 6.02. The Morgan fingerprint density at radius 2 is 1.87 bits per heavy atom. The van der Waals surface area contributed by atoms with Crippen LogP contribution in [0.2, 0.25) is 0 Å². The number of fused-ring (bicyclic) bond motifs is 1. The minimum atomic E-state index is -0.461. The van der Waals surface area contributed by atoms with Gasteiger partial charge in [0.1, 0.15) is 11.2 Å². The maximum atomic E-state index is 12.2. The van der Waals surface area contributed by atoms with Crippen molar-refractivity contribution in [2.75, 3.05) is 0 Å². The maximum absolute atomic E-state index is 12.2. The molecule has 3 rings (SSSR count). The first-order chi connectivity index (χ1) is 10.8. The molecule has 0 amide bonds. The lowest BCUT2D eigenvalue weighted by Crippen LogP contribution is -2.26. The van der Waals surface area contributed by atoms with E-state index in [1.54, 1.807) is 23.0 Å². The molecular formula is C15H15N5O3. The molecule has 0 aliphatic carbocycles. The van der Waals surface area contributed by atoms with Gasteiger partial charge in [0.2, 0.25) is 0 Å². The Morgan fingerprint density at radius 1 is 1.22 bits per heavy atom. The first-order valence-electron chi connectivity index (χ1n) is 7.01. The highest BCUT2D eigenvalue weighted by Gasteiger charge is 2.21. The monoisotopic (exact) mass is 313 g/mol. The predicted molar refractivity (Wildman–Crippen MR) is 85.2 cm³/mol. The smallest absolute Gasteiger partial charge is 0.266 e. The minimum Gasteiger partial charge on any atom is -0.266 e. The first kappa shape index (κ1) is 14.9. The zero-order valence-electron chi connectivity index (χ0n) is 12.9. The van der Waals surface area contributed by atoms with Gasteiger partial charge in [-0.05, 0) is 32.9 Å². The van der Waals surface area contributed by atoms with Crippen LogP contribution in [0.3, 0.4) is 0 Å². The Bertz CT molecular complexity index is 948. The van der Waals surface area contributed by atoms with E-state index < -0.39 is 4.92 Å². The van der Waals surface area contributed by atoms with Crippen LogP contribution in [0, 0.1) is 10.1 Å². The lowest BCUT2D eigenvalue weighted by atomic mass is 10.1. The van der Waals surface area contributed by atoms with Gasteiger partial charge in [0.25, 0.3) is 11.2 Å². The molecule has 118 valence electrons. The molecule has 2 heterocycles. The van der Waals surface area contributed by atoms with E-state index in [4.69, 9.17) is 0 Å². The van der Waals surface area contributed by atoms with Crippen LogP contribution in [0.25, 0.3) is 22.2 Å². The number of nitro groups is 1. The summed E-state index contributed by atoms with van der Waals surface area (Å²) in [6.07, 6.45) is 1.60. The molecule has 0 bridgehead atoms. The zero-order chi connectivity index (χ0) is 16.8. The fourth-order valence-electron chi connectivity index (χ4n) is 2.43. The molecule has 0 aliphatic heterocycles. The van der Waals surface area contributed by atoms with Crippen molar-refractivity contribution in [2.24, 2.45) is 0 Å². The molecule has 0 atom stereocenters. The summed E-state index contributed by atoms with van der Waals surface area (Å²) < 4.78 is 1.65. The Hall–Kier alpha value is -3.03. The number of nitrogens with zero attached hydrogens (tertiary/aromatic N) is 4. The molecule has 0 fully saturated rings. The van der Waals surface area contributed by atoms with E-state index in [-0.39, 0.29) is 16.8 Å². The van der Waals surface area contributed by atoms with Gasteiger partial charge in [-0.1, -0.05) is 0 Å². The molecule has 1 aromatic carbocycles. The average molecular weight is 313 g/mol. The normalized spacial score (nSPS) is 11.8. The summed E-state index contributed by atoms with van der Waals surface area (Å²) >= 11 is 0. The predicted octanol–water partition coefficient (Wildman–Crippen LogP) is 2.45. The van der Waals surface area contributed by atoms with Crippen molar-refractivity contribution < 1.29 is 4.92 Å². The molecule has 3 aromatic rings. The molecule has 0 spiro atoms. The number of aromatic nitrogens is 4. The number of hydrogen-bond donors (Lipinski definition) is 1. The largest absolute Gasteiger partial charge is 0.290 e. The van der Waals surface area contributed by atoms with Crippen LogP contribution in [0.1, 0.15) is 20.8 Å². The summed E-state index contributed by atoms with van der Waals surface area (Å²) in [5.74, 6) is 0. The van der Waals surface area contributed by atoms with Gasteiger partial charge in [-0.15, -0.1) is 0 Å². The second-order valence-corrected chi connectivity index (χ2v) is 6.19. The zero-order valence-corrected chi connectivity index (χ0v) is 12.9. The van der Waals surface area contributed by atoms with Crippen molar-refractivity contribution in [2.45, 2.75) is 26.3 Å².